The van der Waals surface area contributed by atoms with E-state index in [1.54, 1.807) is 6.07 Å². The van der Waals surface area contributed by atoms with Crippen LogP contribution < -0.4 is 19.3 Å². The van der Waals surface area contributed by atoms with E-state index < -0.39 is 0 Å². The molecule has 0 aliphatic carbocycles. The van der Waals surface area contributed by atoms with E-state index in [1.165, 1.54) is 10.8 Å². The Labute approximate surface area is 387 Å². The highest BCUT2D eigenvalue weighted by atomic mass is 19.1. The molecule has 11 aromatic rings. The first-order chi connectivity index (χ1) is 33.1. The summed E-state index contributed by atoms with van der Waals surface area (Å²) in [5.74, 6) is 2.66. The van der Waals surface area contributed by atoms with Gasteiger partial charge < -0.3 is 19.3 Å². The largest absolute Gasteiger partial charge is 0.456 e. The van der Waals surface area contributed by atoms with Crippen LogP contribution in [0.2, 0.25) is 0 Å². The fourth-order valence-corrected chi connectivity index (χ4v) is 9.99. The molecular weight excluding hydrogens is 824 g/mol. The maximum Gasteiger partial charge on any atom is 0.148 e. The lowest BCUT2D eigenvalue weighted by molar-refractivity contribution is 0.480. The molecule has 4 nitrogen and oxygen atoms in total. The summed E-state index contributed by atoms with van der Waals surface area (Å²) in [5, 5.41) is 4.39. The average molecular weight is 863 g/mol. The first-order valence-electron chi connectivity index (χ1n) is 22.5. The van der Waals surface area contributed by atoms with E-state index in [0.29, 0.717) is 11.4 Å². The van der Waals surface area contributed by atoms with Crippen LogP contribution in [0.15, 0.2) is 237 Å². The zero-order chi connectivity index (χ0) is 44.4. The number of halogens is 1. The molecular formula is C62H39FN2O2. The minimum absolute atomic E-state index is 0.332. The van der Waals surface area contributed by atoms with Gasteiger partial charge in [-0.05, 0) is 136 Å². The number of para-hydroxylation sites is 2. The molecule has 0 aromatic heterocycles. The van der Waals surface area contributed by atoms with Gasteiger partial charge in [-0.3, -0.25) is 0 Å². The summed E-state index contributed by atoms with van der Waals surface area (Å²) in [6, 6.07) is 80.3. The summed E-state index contributed by atoms with van der Waals surface area (Å²) in [4.78, 5) is 4.28. The van der Waals surface area contributed by atoms with E-state index in [9.17, 15) is 0 Å². The third-order valence-corrected chi connectivity index (χ3v) is 13.1. The minimum atomic E-state index is -0.332. The van der Waals surface area contributed by atoms with Crippen LogP contribution in [0, 0.1) is 5.82 Å². The van der Waals surface area contributed by atoms with Crippen molar-refractivity contribution < 1.29 is 13.9 Å². The van der Waals surface area contributed by atoms with Gasteiger partial charge in [0.25, 0.3) is 0 Å². The van der Waals surface area contributed by atoms with Crippen molar-refractivity contribution in [1.29, 1.82) is 0 Å². The summed E-state index contributed by atoms with van der Waals surface area (Å²) in [7, 11) is 0. The van der Waals surface area contributed by atoms with Crippen molar-refractivity contribution >= 4 is 55.7 Å². The van der Waals surface area contributed by atoms with Crippen LogP contribution in [0.25, 0.3) is 66.1 Å². The number of hydrogen-bond donors (Lipinski definition) is 0. The normalized spacial score (nSPS) is 11.9. The highest BCUT2D eigenvalue weighted by Gasteiger charge is 2.30. The predicted molar refractivity (Wildman–Crippen MR) is 273 cm³/mol. The van der Waals surface area contributed by atoms with Gasteiger partial charge in [0.15, 0.2) is 0 Å². The summed E-state index contributed by atoms with van der Waals surface area (Å²) < 4.78 is 31.0. The Bertz CT molecular complexity index is 3710. The van der Waals surface area contributed by atoms with E-state index in [2.05, 4.69) is 132 Å². The molecule has 0 amide bonds. The third kappa shape index (κ3) is 6.51. The van der Waals surface area contributed by atoms with Gasteiger partial charge in [0.05, 0.1) is 11.4 Å². The smallest absolute Gasteiger partial charge is 0.148 e. The topological polar surface area (TPSA) is 24.9 Å². The third-order valence-electron chi connectivity index (χ3n) is 13.1. The van der Waals surface area contributed by atoms with Gasteiger partial charge in [-0.1, -0.05) is 127 Å². The molecule has 0 fully saturated rings. The Morgan fingerprint density at radius 1 is 0.284 bits per heavy atom. The van der Waals surface area contributed by atoms with Gasteiger partial charge >= 0.3 is 0 Å². The van der Waals surface area contributed by atoms with Crippen LogP contribution in [-0.2, 0) is 0 Å². The molecule has 2 aliphatic heterocycles. The summed E-state index contributed by atoms with van der Waals surface area (Å²) in [6.07, 6.45) is 0. The average Bonchev–Trinajstić information content (AvgIpc) is 3.39. The van der Waals surface area contributed by atoms with E-state index in [1.807, 2.05) is 108 Å². The number of anilines is 6. The van der Waals surface area contributed by atoms with E-state index in [4.69, 9.17) is 9.47 Å². The van der Waals surface area contributed by atoms with E-state index in [0.717, 1.165) is 101 Å². The number of nitrogens with zero attached hydrogens (tertiary/aromatic N) is 2. The predicted octanol–water partition coefficient (Wildman–Crippen LogP) is 18.0. The molecule has 316 valence electrons. The van der Waals surface area contributed by atoms with Crippen molar-refractivity contribution in [3.63, 3.8) is 0 Å². The molecule has 67 heavy (non-hydrogen) atoms. The second-order valence-electron chi connectivity index (χ2n) is 17.0. The SMILES string of the molecule is Fc1cc(-c2ccccc2)cc(-c2ccccc2)c1N(c1ccccc1)c1ccc2c(c1)Oc1ccc3c4c(ccc-2c14)Oc1cc(N(c2ccccc2)c2ccc4ccccc4c2)ccc1-3. The van der Waals surface area contributed by atoms with Crippen molar-refractivity contribution in [2.75, 3.05) is 9.80 Å². The first-order valence-corrected chi connectivity index (χ1v) is 22.5. The quantitative estimate of drug-likeness (QED) is 0.152. The number of benzene rings is 11. The zero-order valence-electron chi connectivity index (χ0n) is 36.1. The molecule has 2 aliphatic rings. The van der Waals surface area contributed by atoms with Crippen molar-refractivity contribution in [2.45, 2.75) is 0 Å². The van der Waals surface area contributed by atoms with Gasteiger partial charge in [0, 0.05) is 62.3 Å². The maximum absolute atomic E-state index is 17.2. The fraction of sp³-hybridized carbons (Fsp3) is 0. The summed E-state index contributed by atoms with van der Waals surface area (Å²) in [6.45, 7) is 0. The molecule has 0 bridgehead atoms. The molecule has 0 atom stereocenters. The highest BCUT2D eigenvalue weighted by molar-refractivity contribution is 6.14. The van der Waals surface area contributed by atoms with Crippen LogP contribution in [0.5, 0.6) is 23.0 Å². The van der Waals surface area contributed by atoms with Crippen molar-refractivity contribution in [2.24, 2.45) is 0 Å². The molecule has 0 radical (unpaired) electrons. The van der Waals surface area contributed by atoms with Crippen LogP contribution in [0.3, 0.4) is 0 Å². The Morgan fingerprint density at radius 2 is 0.746 bits per heavy atom. The molecule has 13 rings (SSSR count). The van der Waals surface area contributed by atoms with E-state index in [-0.39, 0.29) is 5.82 Å². The van der Waals surface area contributed by atoms with Gasteiger partial charge in [-0.15, -0.1) is 0 Å². The minimum Gasteiger partial charge on any atom is -0.456 e. The zero-order valence-corrected chi connectivity index (χ0v) is 36.1. The fourth-order valence-electron chi connectivity index (χ4n) is 9.99. The van der Waals surface area contributed by atoms with Crippen LogP contribution in [-0.4, -0.2) is 0 Å². The number of fused-ring (bicyclic) bond motifs is 5. The highest BCUT2D eigenvalue weighted by Crippen LogP contribution is 2.57. The van der Waals surface area contributed by atoms with Gasteiger partial charge in [-0.25, -0.2) is 4.39 Å². The van der Waals surface area contributed by atoms with Crippen molar-refractivity contribution in [3.8, 4) is 67.5 Å². The molecule has 0 saturated heterocycles. The van der Waals surface area contributed by atoms with Crippen LogP contribution in [0.4, 0.5) is 38.5 Å². The molecule has 0 saturated carbocycles. The maximum atomic E-state index is 17.2. The molecule has 0 unspecified atom stereocenters. The molecule has 5 heteroatoms. The second kappa shape index (κ2) is 15.7. The van der Waals surface area contributed by atoms with Crippen LogP contribution in [0.1, 0.15) is 0 Å². The van der Waals surface area contributed by atoms with Gasteiger partial charge in [-0.2, -0.15) is 0 Å². The number of rotatable bonds is 8. The lowest BCUT2D eigenvalue weighted by Crippen LogP contribution is -2.14. The Balaban J connectivity index is 0.913. The Morgan fingerprint density at radius 3 is 1.34 bits per heavy atom. The molecule has 0 spiro atoms. The van der Waals surface area contributed by atoms with Gasteiger partial charge in [0.1, 0.15) is 28.8 Å². The monoisotopic (exact) mass is 862 g/mol. The molecule has 11 aromatic carbocycles. The van der Waals surface area contributed by atoms with Crippen molar-refractivity contribution in [3.05, 3.63) is 242 Å². The molecule has 0 N–H and O–H groups in total. The Hall–Kier alpha value is -8.93. The molecule has 2 heterocycles. The first kappa shape index (κ1) is 38.5. The lowest BCUT2D eigenvalue weighted by Gasteiger charge is -2.31. The summed E-state index contributed by atoms with van der Waals surface area (Å²) >= 11 is 0. The number of ether oxygens (including phenoxy) is 2. The van der Waals surface area contributed by atoms with Crippen LogP contribution >= 0.6 is 0 Å². The standard InChI is InChI=1S/C62H39FN2O2/c63-55-37-44(40-15-5-1-6-16-40)36-54(42-18-7-2-8-19-42)62(55)65(46-23-11-4-12-24-46)49-28-30-51-53-32-33-56-60-52(31-34-57(61(53)60)67-59(51)39-49)50-29-27-48(38-58(50)66-56)64(45-21-9-3-10-22-45)47-26-25-41-17-13-14-20-43(41)35-47/h1-39H. The number of hydrogen-bond acceptors (Lipinski definition) is 4. The Kier molecular flexibility index (Phi) is 9.00. The second-order valence-corrected chi connectivity index (χ2v) is 17.0. The van der Waals surface area contributed by atoms with E-state index >= 15 is 4.39 Å². The summed E-state index contributed by atoms with van der Waals surface area (Å²) in [5.41, 5.74) is 12.7. The van der Waals surface area contributed by atoms with Crippen molar-refractivity contribution in [1.82, 2.24) is 0 Å². The lowest BCUT2D eigenvalue weighted by atomic mass is 9.88. The van der Waals surface area contributed by atoms with Gasteiger partial charge in [0.2, 0.25) is 0 Å².